The van der Waals surface area contributed by atoms with Gasteiger partial charge < -0.3 is 20.7 Å². The molecular weight excluding hydrogens is 700 g/mol. The Morgan fingerprint density at radius 3 is 2.25 bits per heavy atom. The van der Waals surface area contributed by atoms with Crippen molar-refractivity contribution in [2.24, 2.45) is 11.8 Å². The van der Waals surface area contributed by atoms with Gasteiger partial charge in [-0.2, -0.15) is 5.10 Å². The number of fused-ring (bicyclic) bond motifs is 2. The second-order valence-corrected chi connectivity index (χ2v) is 15.8. The number of nitrogens with zero attached hydrogens (tertiary/aromatic N) is 7. The van der Waals surface area contributed by atoms with Crippen LogP contribution in [0.4, 0.5) is 21.6 Å². The normalized spacial score (nSPS) is 24.8. The fourth-order valence-corrected chi connectivity index (χ4v) is 9.31. The summed E-state index contributed by atoms with van der Waals surface area (Å²) in [6.45, 7) is 6.12. The lowest BCUT2D eigenvalue weighted by Crippen LogP contribution is -2.69. The van der Waals surface area contributed by atoms with Crippen LogP contribution in [-0.4, -0.2) is 98.8 Å². The average molecular weight is 743 g/mol. The maximum absolute atomic E-state index is 15.0. The molecule has 3 atom stereocenters. The van der Waals surface area contributed by atoms with E-state index in [0.717, 1.165) is 91.6 Å². The van der Waals surface area contributed by atoms with E-state index in [2.05, 4.69) is 40.0 Å². The van der Waals surface area contributed by atoms with E-state index in [1.807, 2.05) is 60.7 Å². The van der Waals surface area contributed by atoms with E-state index >= 15 is 4.39 Å². The maximum atomic E-state index is 15.0. The number of nitrogen functional groups attached to an aromatic ring is 1. The highest BCUT2D eigenvalue weighted by Crippen LogP contribution is 2.47. The van der Waals surface area contributed by atoms with Crippen LogP contribution in [0, 0.1) is 17.7 Å². The number of ether oxygens (including phenoxy) is 1. The van der Waals surface area contributed by atoms with Crippen LogP contribution in [0.2, 0.25) is 0 Å². The summed E-state index contributed by atoms with van der Waals surface area (Å²) in [5.41, 5.74) is 10.1. The highest BCUT2D eigenvalue weighted by atomic mass is 19.1. The summed E-state index contributed by atoms with van der Waals surface area (Å²) in [6.07, 6.45) is 4.27. The Morgan fingerprint density at radius 2 is 1.53 bits per heavy atom. The van der Waals surface area contributed by atoms with Crippen LogP contribution in [0.15, 0.2) is 79.1 Å². The van der Waals surface area contributed by atoms with Crippen LogP contribution in [0.5, 0.6) is 11.5 Å². The molecule has 5 aromatic rings. The van der Waals surface area contributed by atoms with Gasteiger partial charge in [-0.15, -0.1) is 0 Å². The number of aromatic nitrogens is 4. The molecule has 282 valence electrons. The second kappa shape index (κ2) is 13.6. The van der Waals surface area contributed by atoms with Gasteiger partial charge in [0.2, 0.25) is 11.8 Å². The smallest absolute Gasteiger partial charge is 0.249 e. The molecule has 2 aromatic heterocycles. The molecule has 4 aliphatic heterocycles. The Balaban J connectivity index is 0.727. The summed E-state index contributed by atoms with van der Waals surface area (Å²) >= 11 is 0. The molecule has 1 aliphatic carbocycles. The number of amides is 2. The molecule has 0 spiro atoms. The molecule has 5 fully saturated rings. The SMILES string of the molecule is Nc1ncnc2c1c(-c1ccc(Oc3ccccc3)cc1)nn2C1CC2CN(C3CN(C4CN(c5ccc(NC6CCC(=O)NC6=O)c(F)c5)C4)C3)CC2C1. The number of benzene rings is 3. The summed E-state index contributed by atoms with van der Waals surface area (Å²) in [6, 6.07) is 23.5. The van der Waals surface area contributed by atoms with Gasteiger partial charge in [-0.1, -0.05) is 18.2 Å². The molecule has 1 saturated carbocycles. The van der Waals surface area contributed by atoms with Crippen molar-refractivity contribution in [2.75, 3.05) is 55.2 Å². The zero-order valence-electron chi connectivity index (χ0n) is 30.4. The van der Waals surface area contributed by atoms with Crippen molar-refractivity contribution < 1.29 is 18.7 Å². The summed E-state index contributed by atoms with van der Waals surface area (Å²) in [7, 11) is 0. The molecule has 2 amide bonds. The van der Waals surface area contributed by atoms with E-state index in [4.69, 9.17) is 15.6 Å². The number of carbonyl (C=O) groups excluding carboxylic acids is 2. The van der Waals surface area contributed by atoms with Gasteiger partial charge >= 0.3 is 0 Å². The standard InChI is InChI=1S/C41H43FN10O3/c42-33-16-27(8-11-34(33)46-35-12-13-36(53)47-41(35)54)50-19-30(20-50)51-21-29(22-51)49-17-25-14-28(15-26(25)18-49)52-40-37(39(43)44-23-45-40)38(48-52)24-6-9-32(10-7-24)55-31-4-2-1-3-5-31/h1-11,16,23,25-26,28-30,35,46H,12-15,17-22H2,(H2,43,44,45)(H,47,53,54). The number of carbonyl (C=O) groups is 2. The highest BCUT2D eigenvalue weighted by Gasteiger charge is 2.48. The van der Waals surface area contributed by atoms with E-state index in [1.165, 1.54) is 12.4 Å². The van der Waals surface area contributed by atoms with Gasteiger partial charge in [-0.3, -0.25) is 24.7 Å². The minimum Gasteiger partial charge on any atom is -0.457 e. The highest BCUT2D eigenvalue weighted by molar-refractivity contribution is 6.01. The maximum Gasteiger partial charge on any atom is 0.249 e. The monoisotopic (exact) mass is 742 g/mol. The number of nitrogens with one attached hydrogen (secondary N) is 2. The van der Waals surface area contributed by atoms with Gasteiger partial charge in [-0.05, 0) is 85.7 Å². The van der Waals surface area contributed by atoms with Crippen LogP contribution < -0.4 is 26.0 Å². The number of likely N-dealkylation sites (tertiary alicyclic amines) is 2. The van der Waals surface area contributed by atoms with E-state index in [9.17, 15) is 9.59 Å². The van der Waals surface area contributed by atoms with E-state index in [-0.39, 0.29) is 24.1 Å². The van der Waals surface area contributed by atoms with Gasteiger partial charge in [-0.25, -0.2) is 19.0 Å². The van der Waals surface area contributed by atoms with Crippen LogP contribution in [0.1, 0.15) is 31.7 Å². The van der Waals surface area contributed by atoms with Crippen LogP contribution in [0.3, 0.4) is 0 Å². The molecule has 10 rings (SSSR count). The Hall–Kier alpha value is -5.60. The van der Waals surface area contributed by atoms with Gasteiger partial charge in [0.25, 0.3) is 0 Å². The van der Waals surface area contributed by atoms with Crippen molar-refractivity contribution in [1.29, 1.82) is 0 Å². The molecule has 4 saturated heterocycles. The summed E-state index contributed by atoms with van der Waals surface area (Å²) < 4.78 is 23.1. The van der Waals surface area contributed by atoms with E-state index in [1.54, 1.807) is 6.07 Å². The molecule has 3 unspecified atom stereocenters. The lowest BCUT2D eigenvalue weighted by molar-refractivity contribution is -0.133. The Labute approximate surface area is 317 Å². The third kappa shape index (κ3) is 6.32. The topological polar surface area (TPSA) is 147 Å². The zero-order chi connectivity index (χ0) is 37.2. The summed E-state index contributed by atoms with van der Waals surface area (Å²) in [5, 5.41) is 11.2. The van der Waals surface area contributed by atoms with Gasteiger partial charge in [0.15, 0.2) is 5.65 Å². The first-order chi connectivity index (χ1) is 26.8. The third-order valence-electron chi connectivity index (χ3n) is 12.4. The number of para-hydroxylation sites is 1. The van der Waals surface area contributed by atoms with Crippen molar-refractivity contribution in [3.05, 3.63) is 84.9 Å². The van der Waals surface area contributed by atoms with Crippen molar-refractivity contribution in [2.45, 2.75) is 49.9 Å². The number of halogens is 1. The minimum atomic E-state index is -0.612. The quantitative estimate of drug-likeness (QED) is 0.181. The summed E-state index contributed by atoms with van der Waals surface area (Å²) in [4.78, 5) is 40.0. The number of hydrogen-bond acceptors (Lipinski definition) is 11. The molecule has 4 N–H and O–H groups in total. The first kappa shape index (κ1) is 33.9. The van der Waals surface area contributed by atoms with Crippen molar-refractivity contribution in [3.8, 4) is 22.8 Å². The van der Waals surface area contributed by atoms with E-state index < -0.39 is 17.8 Å². The average Bonchev–Trinajstić information content (AvgIpc) is 3.84. The summed E-state index contributed by atoms with van der Waals surface area (Å²) in [5.74, 6) is 2.13. The lowest BCUT2D eigenvalue weighted by atomic mass is 9.98. The van der Waals surface area contributed by atoms with Crippen molar-refractivity contribution in [1.82, 2.24) is 34.9 Å². The van der Waals surface area contributed by atoms with Gasteiger partial charge in [0.05, 0.1) is 17.1 Å². The molecular formula is C41H43FN10O3. The Kier molecular flexibility index (Phi) is 8.39. The first-order valence-electron chi connectivity index (χ1n) is 19.3. The van der Waals surface area contributed by atoms with Crippen molar-refractivity contribution in [3.63, 3.8) is 0 Å². The molecule has 0 bridgehead atoms. The molecule has 13 nitrogen and oxygen atoms in total. The zero-order valence-corrected chi connectivity index (χ0v) is 30.4. The molecule has 14 heteroatoms. The third-order valence-corrected chi connectivity index (χ3v) is 12.4. The van der Waals surface area contributed by atoms with E-state index in [0.29, 0.717) is 36.2 Å². The van der Waals surface area contributed by atoms with Crippen molar-refractivity contribution >= 4 is 40.0 Å². The number of hydrogen-bond donors (Lipinski definition) is 3. The largest absolute Gasteiger partial charge is 0.457 e. The van der Waals surface area contributed by atoms with Crippen LogP contribution >= 0.6 is 0 Å². The second-order valence-electron chi connectivity index (χ2n) is 15.8. The number of rotatable bonds is 9. The molecule has 3 aromatic carbocycles. The number of piperidine rings is 1. The fourth-order valence-electron chi connectivity index (χ4n) is 9.31. The molecule has 6 heterocycles. The number of nitrogens with two attached hydrogens (primary N) is 1. The van der Waals surface area contributed by atoms with Gasteiger partial charge in [0.1, 0.15) is 41.2 Å². The minimum absolute atomic E-state index is 0.246. The molecule has 5 aliphatic rings. The first-order valence-corrected chi connectivity index (χ1v) is 19.3. The van der Waals surface area contributed by atoms with Crippen LogP contribution in [0.25, 0.3) is 22.3 Å². The molecule has 55 heavy (non-hydrogen) atoms. The fraction of sp³-hybridized carbons (Fsp3) is 0.390. The predicted molar refractivity (Wildman–Crippen MR) is 206 cm³/mol. The lowest BCUT2D eigenvalue weighted by Gasteiger charge is -2.54. The number of imide groups is 1. The Morgan fingerprint density at radius 1 is 0.818 bits per heavy atom. The number of anilines is 3. The predicted octanol–water partition coefficient (Wildman–Crippen LogP) is 4.68. The molecule has 0 radical (unpaired) electrons. The van der Waals surface area contributed by atoms with Gasteiger partial charge in [0, 0.05) is 69.0 Å². The van der Waals surface area contributed by atoms with Crippen LogP contribution in [-0.2, 0) is 9.59 Å². The Bertz CT molecular complexity index is 2240.